The first-order valence-corrected chi connectivity index (χ1v) is 6.81. The van der Waals surface area contributed by atoms with Crippen LogP contribution in [0.5, 0.6) is 0 Å². The van der Waals surface area contributed by atoms with Crippen molar-refractivity contribution >= 4 is 11.0 Å². The zero-order chi connectivity index (χ0) is 15.2. The van der Waals surface area contributed by atoms with Gasteiger partial charge in [-0.2, -0.15) is 5.26 Å². The van der Waals surface area contributed by atoms with Gasteiger partial charge in [0.2, 0.25) is 0 Å². The van der Waals surface area contributed by atoms with E-state index in [9.17, 15) is 0 Å². The van der Waals surface area contributed by atoms with Gasteiger partial charge in [-0.05, 0) is 39.0 Å². The number of aromatic nitrogens is 4. The Morgan fingerprint density at radius 3 is 2.57 bits per heavy atom. The number of rotatable bonds is 1. The molecule has 0 amide bonds. The van der Waals surface area contributed by atoms with Crippen molar-refractivity contribution in [2.75, 3.05) is 0 Å². The summed E-state index contributed by atoms with van der Waals surface area (Å²) < 4.78 is 4.15. The molecule has 2 heterocycles. The Balaban J connectivity index is 2.39. The van der Waals surface area contributed by atoms with Crippen LogP contribution in [-0.2, 0) is 12.6 Å². The Morgan fingerprint density at radius 1 is 1.24 bits per heavy atom. The molecule has 3 aromatic rings. The van der Waals surface area contributed by atoms with Crippen molar-refractivity contribution in [2.24, 2.45) is 7.05 Å². The maximum atomic E-state index is 9.06. The number of imidazole rings is 2. The monoisotopic (exact) mass is 279 g/mol. The van der Waals surface area contributed by atoms with Gasteiger partial charge >= 0.3 is 0 Å². The zero-order valence-electron chi connectivity index (χ0n) is 12.6. The van der Waals surface area contributed by atoms with Gasteiger partial charge in [-0.15, -0.1) is 0 Å². The normalized spacial score (nSPS) is 11.8. The second-order valence-electron chi connectivity index (χ2n) is 6.15. The van der Waals surface area contributed by atoms with Crippen molar-refractivity contribution in [1.82, 2.24) is 19.1 Å². The molecule has 5 heteroatoms. The summed E-state index contributed by atoms with van der Waals surface area (Å²) in [5, 5.41) is 9.06. The van der Waals surface area contributed by atoms with Gasteiger partial charge in [0, 0.05) is 12.6 Å². The lowest BCUT2D eigenvalue weighted by Crippen LogP contribution is -2.23. The third kappa shape index (κ3) is 2.09. The summed E-state index contributed by atoms with van der Waals surface area (Å²) in [6.07, 6.45) is 3.58. The fraction of sp³-hybridized carbons (Fsp3) is 0.312. The Bertz CT molecular complexity index is 855. The summed E-state index contributed by atoms with van der Waals surface area (Å²) in [7, 11) is 1.95. The molecular weight excluding hydrogens is 262 g/mol. The van der Waals surface area contributed by atoms with Crippen LogP contribution in [0, 0.1) is 11.3 Å². The molecule has 0 spiro atoms. The quantitative estimate of drug-likeness (QED) is 0.688. The van der Waals surface area contributed by atoms with Gasteiger partial charge < -0.3 is 9.13 Å². The van der Waals surface area contributed by atoms with E-state index in [-0.39, 0.29) is 5.54 Å². The van der Waals surface area contributed by atoms with Crippen LogP contribution in [0.25, 0.3) is 22.6 Å². The molecule has 5 nitrogen and oxygen atoms in total. The predicted octanol–water partition coefficient (Wildman–Crippen LogP) is 3.06. The van der Waals surface area contributed by atoms with E-state index in [4.69, 9.17) is 10.2 Å². The molecule has 0 aliphatic rings. The largest absolute Gasteiger partial charge is 0.331 e. The molecule has 2 aromatic heterocycles. The van der Waals surface area contributed by atoms with Crippen LogP contribution < -0.4 is 0 Å². The molecule has 21 heavy (non-hydrogen) atoms. The van der Waals surface area contributed by atoms with Crippen molar-refractivity contribution in [3.05, 3.63) is 36.3 Å². The molecule has 0 aliphatic carbocycles. The Labute approximate surface area is 123 Å². The number of hydrogen-bond donors (Lipinski definition) is 0. The van der Waals surface area contributed by atoms with Crippen LogP contribution >= 0.6 is 0 Å². The van der Waals surface area contributed by atoms with Gasteiger partial charge in [0.15, 0.2) is 5.82 Å². The van der Waals surface area contributed by atoms with Crippen molar-refractivity contribution in [2.45, 2.75) is 26.3 Å². The molecule has 0 saturated heterocycles. The SMILES string of the molecule is Cn1cncc1-c1nc2cc(C#N)ccc2n1C(C)(C)C. The molecule has 0 aliphatic heterocycles. The summed E-state index contributed by atoms with van der Waals surface area (Å²) in [5.41, 5.74) is 3.32. The third-order valence-corrected chi connectivity index (χ3v) is 3.50. The number of benzene rings is 1. The van der Waals surface area contributed by atoms with Gasteiger partial charge in [0.25, 0.3) is 0 Å². The van der Waals surface area contributed by atoms with E-state index in [0.717, 1.165) is 22.6 Å². The van der Waals surface area contributed by atoms with E-state index in [1.165, 1.54) is 0 Å². The lowest BCUT2D eigenvalue weighted by atomic mass is 10.1. The fourth-order valence-electron chi connectivity index (χ4n) is 2.57. The minimum atomic E-state index is -0.123. The molecule has 0 radical (unpaired) electrons. The molecular formula is C16H17N5. The smallest absolute Gasteiger partial charge is 0.159 e. The van der Waals surface area contributed by atoms with Crippen LogP contribution in [0.3, 0.4) is 0 Å². The molecule has 1 aromatic carbocycles. The number of aryl methyl sites for hydroxylation is 1. The highest BCUT2D eigenvalue weighted by atomic mass is 15.2. The maximum absolute atomic E-state index is 9.06. The second kappa shape index (κ2) is 4.45. The summed E-state index contributed by atoms with van der Waals surface area (Å²) in [6.45, 7) is 6.44. The van der Waals surface area contributed by atoms with E-state index in [2.05, 4.69) is 36.4 Å². The molecule has 3 rings (SSSR count). The Morgan fingerprint density at radius 2 is 2.00 bits per heavy atom. The second-order valence-corrected chi connectivity index (χ2v) is 6.15. The first-order chi connectivity index (χ1) is 9.91. The van der Waals surface area contributed by atoms with Gasteiger partial charge in [-0.1, -0.05) is 0 Å². The molecule has 0 N–H and O–H groups in total. The van der Waals surface area contributed by atoms with Crippen molar-refractivity contribution < 1.29 is 0 Å². The molecule has 0 bridgehead atoms. The number of nitriles is 1. The van der Waals surface area contributed by atoms with Gasteiger partial charge in [0.1, 0.15) is 5.69 Å². The van der Waals surface area contributed by atoms with Crippen molar-refractivity contribution in [1.29, 1.82) is 5.26 Å². The van der Waals surface area contributed by atoms with Crippen LogP contribution in [0.15, 0.2) is 30.7 Å². The van der Waals surface area contributed by atoms with E-state index in [1.54, 1.807) is 6.33 Å². The van der Waals surface area contributed by atoms with Gasteiger partial charge in [-0.3, -0.25) is 0 Å². The summed E-state index contributed by atoms with van der Waals surface area (Å²) >= 11 is 0. The molecule has 0 atom stereocenters. The summed E-state index contributed by atoms with van der Waals surface area (Å²) in [6, 6.07) is 7.79. The van der Waals surface area contributed by atoms with E-state index in [1.807, 2.05) is 36.0 Å². The molecule has 0 fully saturated rings. The van der Waals surface area contributed by atoms with Gasteiger partial charge in [-0.25, -0.2) is 9.97 Å². The molecule has 0 unspecified atom stereocenters. The highest BCUT2D eigenvalue weighted by Crippen LogP contribution is 2.31. The number of hydrogen-bond acceptors (Lipinski definition) is 3. The highest BCUT2D eigenvalue weighted by molar-refractivity contribution is 5.81. The zero-order valence-corrected chi connectivity index (χ0v) is 12.6. The van der Waals surface area contributed by atoms with Crippen LogP contribution in [-0.4, -0.2) is 19.1 Å². The van der Waals surface area contributed by atoms with Crippen LogP contribution in [0.4, 0.5) is 0 Å². The molecule has 106 valence electrons. The third-order valence-electron chi connectivity index (χ3n) is 3.50. The molecule has 0 saturated carbocycles. The highest BCUT2D eigenvalue weighted by Gasteiger charge is 2.23. The minimum absolute atomic E-state index is 0.123. The lowest BCUT2D eigenvalue weighted by Gasteiger charge is -2.24. The first-order valence-electron chi connectivity index (χ1n) is 6.81. The maximum Gasteiger partial charge on any atom is 0.159 e. The fourth-order valence-corrected chi connectivity index (χ4v) is 2.57. The van der Waals surface area contributed by atoms with Gasteiger partial charge in [0.05, 0.1) is 35.2 Å². The van der Waals surface area contributed by atoms with E-state index in [0.29, 0.717) is 5.56 Å². The first kappa shape index (κ1) is 13.4. The number of nitrogens with zero attached hydrogens (tertiary/aromatic N) is 5. The van der Waals surface area contributed by atoms with Crippen LogP contribution in [0.2, 0.25) is 0 Å². The van der Waals surface area contributed by atoms with E-state index >= 15 is 0 Å². The minimum Gasteiger partial charge on any atom is -0.331 e. The van der Waals surface area contributed by atoms with Crippen molar-refractivity contribution in [3.8, 4) is 17.6 Å². The predicted molar refractivity (Wildman–Crippen MR) is 81.6 cm³/mol. The Hall–Kier alpha value is -2.61. The average molecular weight is 279 g/mol. The van der Waals surface area contributed by atoms with Crippen LogP contribution in [0.1, 0.15) is 26.3 Å². The summed E-state index contributed by atoms with van der Waals surface area (Å²) in [5.74, 6) is 0.868. The van der Waals surface area contributed by atoms with Crippen molar-refractivity contribution in [3.63, 3.8) is 0 Å². The average Bonchev–Trinajstić information content (AvgIpc) is 2.99. The van der Waals surface area contributed by atoms with E-state index < -0.39 is 0 Å². The topological polar surface area (TPSA) is 59.4 Å². The number of fused-ring (bicyclic) bond motifs is 1. The standard InChI is InChI=1S/C16H17N5/c1-16(2,3)21-13-6-5-11(8-17)7-12(13)19-15(21)14-9-18-10-20(14)4/h5-7,9-10H,1-4H3. The lowest BCUT2D eigenvalue weighted by molar-refractivity contribution is 0.412. The Kier molecular flexibility index (Phi) is 2.84. The summed E-state index contributed by atoms with van der Waals surface area (Å²) in [4.78, 5) is 8.92.